The van der Waals surface area contributed by atoms with E-state index >= 15 is 0 Å². The lowest BCUT2D eigenvalue weighted by Gasteiger charge is -2.36. The van der Waals surface area contributed by atoms with Crippen LogP contribution in [-0.4, -0.2) is 50.3 Å². The number of ether oxygens (including phenoxy) is 2. The van der Waals surface area contributed by atoms with Gasteiger partial charge in [-0.3, -0.25) is 0 Å². The maximum absolute atomic E-state index is 13.1. The lowest BCUT2D eigenvalue weighted by atomic mass is 10.1. The number of anilines is 1. The van der Waals surface area contributed by atoms with Crippen LogP contribution in [0.25, 0.3) is 0 Å². The van der Waals surface area contributed by atoms with Gasteiger partial charge in [-0.25, -0.2) is 9.18 Å². The van der Waals surface area contributed by atoms with Gasteiger partial charge in [-0.1, -0.05) is 6.07 Å². The number of urea groups is 1. The van der Waals surface area contributed by atoms with E-state index < -0.39 is 0 Å². The molecule has 4 rings (SSSR count). The molecule has 148 valence electrons. The number of piperazine rings is 1. The summed E-state index contributed by atoms with van der Waals surface area (Å²) >= 11 is 0. The van der Waals surface area contributed by atoms with Gasteiger partial charge in [0, 0.05) is 31.9 Å². The molecule has 1 unspecified atom stereocenters. The molecule has 6 nitrogen and oxygen atoms in total. The lowest BCUT2D eigenvalue weighted by Crippen LogP contribution is -2.52. The molecule has 0 aromatic heterocycles. The molecule has 2 aromatic rings. The number of nitrogens with zero attached hydrogens (tertiary/aromatic N) is 2. The first-order valence-corrected chi connectivity index (χ1v) is 9.55. The zero-order valence-corrected chi connectivity index (χ0v) is 15.9. The van der Waals surface area contributed by atoms with E-state index in [0.29, 0.717) is 26.3 Å². The predicted octanol–water partition coefficient (Wildman–Crippen LogP) is 3.19. The van der Waals surface area contributed by atoms with Gasteiger partial charge in [0.1, 0.15) is 19.0 Å². The zero-order chi connectivity index (χ0) is 19.5. The van der Waals surface area contributed by atoms with Crippen LogP contribution in [0, 0.1) is 5.82 Å². The van der Waals surface area contributed by atoms with Crippen LogP contribution < -0.4 is 19.7 Å². The van der Waals surface area contributed by atoms with Crippen LogP contribution in [0.2, 0.25) is 0 Å². The molecule has 0 radical (unpaired) electrons. The highest BCUT2D eigenvalue weighted by atomic mass is 19.1. The number of amides is 2. The van der Waals surface area contributed by atoms with Gasteiger partial charge in [0.2, 0.25) is 0 Å². The van der Waals surface area contributed by atoms with Gasteiger partial charge >= 0.3 is 6.03 Å². The second-order valence-corrected chi connectivity index (χ2v) is 7.02. The second-order valence-electron chi connectivity index (χ2n) is 7.02. The summed E-state index contributed by atoms with van der Waals surface area (Å²) in [5, 5.41) is 3.06. The maximum atomic E-state index is 13.1. The normalized spacial score (nSPS) is 17.2. The van der Waals surface area contributed by atoms with E-state index in [0.717, 1.165) is 35.8 Å². The van der Waals surface area contributed by atoms with Gasteiger partial charge in [0.25, 0.3) is 0 Å². The minimum Gasteiger partial charge on any atom is -0.486 e. The summed E-state index contributed by atoms with van der Waals surface area (Å²) in [6.07, 6.45) is 0. The number of hydrogen-bond acceptors (Lipinski definition) is 4. The smallest absolute Gasteiger partial charge is 0.317 e. The number of carbonyl (C=O) groups excluding carboxylic acids is 1. The summed E-state index contributed by atoms with van der Waals surface area (Å²) in [5.41, 5.74) is 1.95. The molecule has 2 heterocycles. The quantitative estimate of drug-likeness (QED) is 0.882. The Bertz CT molecular complexity index is 835. The Balaban J connectivity index is 1.32. The van der Waals surface area contributed by atoms with Crippen LogP contribution in [0.15, 0.2) is 42.5 Å². The van der Waals surface area contributed by atoms with Crippen molar-refractivity contribution in [2.45, 2.75) is 13.0 Å². The number of fused-ring (bicyclic) bond motifs is 1. The SMILES string of the molecule is CC(NC(=O)N1CCN(c2ccc(F)cc2)CC1)c1ccc2c(c1)OCCO2. The van der Waals surface area contributed by atoms with Crippen molar-refractivity contribution in [3.8, 4) is 11.5 Å². The first-order chi connectivity index (χ1) is 13.6. The molecule has 0 spiro atoms. The average Bonchev–Trinajstić information content (AvgIpc) is 2.74. The third kappa shape index (κ3) is 3.98. The topological polar surface area (TPSA) is 54.0 Å². The maximum Gasteiger partial charge on any atom is 0.317 e. The molecule has 0 saturated carbocycles. The molecule has 2 aromatic carbocycles. The van der Waals surface area contributed by atoms with Crippen molar-refractivity contribution in [3.05, 3.63) is 53.8 Å². The van der Waals surface area contributed by atoms with Crippen molar-refractivity contribution in [2.24, 2.45) is 0 Å². The monoisotopic (exact) mass is 385 g/mol. The van der Waals surface area contributed by atoms with Gasteiger partial charge in [0.05, 0.1) is 6.04 Å². The Morgan fingerprint density at radius 3 is 2.39 bits per heavy atom. The minimum absolute atomic E-state index is 0.0823. The molecular weight excluding hydrogens is 361 g/mol. The Morgan fingerprint density at radius 1 is 1.00 bits per heavy atom. The summed E-state index contributed by atoms with van der Waals surface area (Å²) in [4.78, 5) is 16.6. The standard InChI is InChI=1S/C21H24FN3O3/c1-15(16-2-7-19-20(14-16)28-13-12-27-19)23-21(26)25-10-8-24(9-11-25)18-5-3-17(22)4-6-18/h2-7,14-15H,8-13H2,1H3,(H,23,26). The minimum atomic E-state index is -0.241. The third-order valence-corrected chi connectivity index (χ3v) is 5.16. The summed E-state index contributed by atoms with van der Waals surface area (Å²) in [6, 6.07) is 12.0. The molecule has 0 bridgehead atoms. The highest BCUT2D eigenvalue weighted by molar-refractivity contribution is 5.75. The fourth-order valence-corrected chi connectivity index (χ4v) is 3.51. The molecule has 0 aliphatic carbocycles. The molecular formula is C21H24FN3O3. The molecule has 1 atom stereocenters. The van der Waals surface area contributed by atoms with Crippen LogP contribution in [0.4, 0.5) is 14.9 Å². The fourth-order valence-electron chi connectivity index (χ4n) is 3.51. The summed E-state index contributed by atoms with van der Waals surface area (Å²) in [6.45, 7) is 5.74. The van der Waals surface area contributed by atoms with Crippen molar-refractivity contribution < 1.29 is 18.7 Å². The van der Waals surface area contributed by atoms with E-state index in [9.17, 15) is 9.18 Å². The highest BCUT2D eigenvalue weighted by Crippen LogP contribution is 2.32. The van der Waals surface area contributed by atoms with Crippen molar-refractivity contribution >= 4 is 11.7 Å². The summed E-state index contributed by atoms with van der Waals surface area (Å²) < 4.78 is 24.2. The Labute approximate surface area is 163 Å². The number of hydrogen-bond donors (Lipinski definition) is 1. The van der Waals surface area contributed by atoms with E-state index in [1.54, 1.807) is 12.1 Å². The Kier molecular flexibility index (Phi) is 5.23. The van der Waals surface area contributed by atoms with Gasteiger partial charge < -0.3 is 24.6 Å². The molecule has 2 amide bonds. The van der Waals surface area contributed by atoms with Gasteiger partial charge in [0.15, 0.2) is 11.5 Å². The molecule has 2 aliphatic heterocycles. The van der Waals surface area contributed by atoms with E-state index in [2.05, 4.69) is 10.2 Å². The number of halogens is 1. The van der Waals surface area contributed by atoms with Crippen LogP contribution in [0.5, 0.6) is 11.5 Å². The van der Waals surface area contributed by atoms with Crippen molar-refractivity contribution in [2.75, 3.05) is 44.3 Å². The molecule has 1 fully saturated rings. The number of rotatable bonds is 3. The van der Waals surface area contributed by atoms with Crippen molar-refractivity contribution in [1.29, 1.82) is 0 Å². The van der Waals surface area contributed by atoms with E-state index in [1.165, 1.54) is 12.1 Å². The largest absolute Gasteiger partial charge is 0.486 e. The van der Waals surface area contributed by atoms with Crippen LogP contribution >= 0.6 is 0 Å². The van der Waals surface area contributed by atoms with Crippen LogP contribution in [-0.2, 0) is 0 Å². The number of benzene rings is 2. The van der Waals surface area contributed by atoms with E-state index in [1.807, 2.05) is 30.0 Å². The highest BCUT2D eigenvalue weighted by Gasteiger charge is 2.23. The molecule has 1 saturated heterocycles. The van der Waals surface area contributed by atoms with Gasteiger partial charge in [-0.05, 0) is 48.9 Å². The second kappa shape index (κ2) is 7.96. The first kappa shape index (κ1) is 18.4. The number of carbonyl (C=O) groups is 1. The van der Waals surface area contributed by atoms with Gasteiger partial charge in [-0.15, -0.1) is 0 Å². The van der Waals surface area contributed by atoms with Gasteiger partial charge in [-0.2, -0.15) is 0 Å². The zero-order valence-electron chi connectivity index (χ0n) is 15.9. The van der Waals surface area contributed by atoms with Crippen LogP contribution in [0.1, 0.15) is 18.5 Å². The predicted molar refractivity (Wildman–Crippen MR) is 105 cm³/mol. The summed E-state index contributed by atoms with van der Waals surface area (Å²) in [7, 11) is 0. The summed E-state index contributed by atoms with van der Waals surface area (Å²) in [5.74, 6) is 1.22. The third-order valence-electron chi connectivity index (χ3n) is 5.16. The fraction of sp³-hybridized carbons (Fsp3) is 0.381. The Hall–Kier alpha value is -2.96. The lowest BCUT2D eigenvalue weighted by molar-refractivity contribution is 0.171. The first-order valence-electron chi connectivity index (χ1n) is 9.55. The van der Waals surface area contributed by atoms with E-state index in [4.69, 9.17) is 9.47 Å². The molecule has 1 N–H and O–H groups in total. The Morgan fingerprint density at radius 2 is 1.68 bits per heavy atom. The molecule has 2 aliphatic rings. The number of nitrogens with one attached hydrogen (secondary N) is 1. The van der Waals surface area contributed by atoms with Crippen LogP contribution in [0.3, 0.4) is 0 Å². The average molecular weight is 385 g/mol. The van der Waals surface area contributed by atoms with Crippen molar-refractivity contribution in [3.63, 3.8) is 0 Å². The molecule has 28 heavy (non-hydrogen) atoms. The molecule has 7 heteroatoms. The van der Waals surface area contributed by atoms with Crippen molar-refractivity contribution in [1.82, 2.24) is 10.2 Å². The van der Waals surface area contributed by atoms with E-state index in [-0.39, 0.29) is 17.9 Å².